The lowest BCUT2D eigenvalue weighted by Crippen LogP contribution is -2.47. The summed E-state index contributed by atoms with van der Waals surface area (Å²) in [5, 5.41) is 11.2. The van der Waals surface area contributed by atoms with Crippen LogP contribution in [-0.2, 0) is 15.4 Å². The maximum absolute atomic E-state index is 13.5. The number of hydrogen-bond donors (Lipinski definition) is 1. The SMILES string of the molecule is Cc1ccc(S(=O)(=O)N2C[C@H](O)[C@]3(c4ccc5c(c4)OCO5)C=CCC[C@H]23)cc1. The Hall–Kier alpha value is -2.35. The van der Waals surface area contributed by atoms with Crippen LogP contribution in [0.1, 0.15) is 24.0 Å². The normalized spacial score (nSPS) is 28.5. The Morgan fingerprint density at radius 1 is 1.10 bits per heavy atom. The van der Waals surface area contributed by atoms with Crippen LogP contribution in [0.2, 0.25) is 0 Å². The van der Waals surface area contributed by atoms with Gasteiger partial charge in [-0.05, 0) is 49.6 Å². The number of aliphatic hydroxyl groups excluding tert-OH is 1. The van der Waals surface area contributed by atoms with Gasteiger partial charge in [-0.25, -0.2) is 8.42 Å². The topological polar surface area (TPSA) is 76.1 Å². The van der Waals surface area contributed by atoms with Crippen molar-refractivity contribution in [1.29, 1.82) is 0 Å². The Labute approximate surface area is 170 Å². The standard InChI is InChI=1S/C22H23NO5S/c1-15-5-8-17(9-6-15)29(25,26)23-13-21(24)22(11-3-2-4-20(22)23)16-7-10-18-19(12-16)28-14-27-18/h3,5-12,20-21,24H,2,4,13-14H2,1H3/t20-,21-,22-/m0/s1. The monoisotopic (exact) mass is 413 g/mol. The van der Waals surface area contributed by atoms with Crippen LogP contribution in [0.4, 0.5) is 0 Å². The predicted molar refractivity (Wildman–Crippen MR) is 107 cm³/mol. The molecule has 1 N–H and O–H groups in total. The van der Waals surface area contributed by atoms with Gasteiger partial charge in [0, 0.05) is 12.6 Å². The van der Waals surface area contributed by atoms with Crippen LogP contribution in [0.15, 0.2) is 59.5 Å². The Balaban J connectivity index is 1.60. The Morgan fingerprint density at radius 3 is 2.66 bits per heavy atom. The molecule has 3 atom stereocenters. The van der Waals surface area contributed by atoms with Gasteiger partial charge in [0.2, 0.25) is 16.8 Å². The van der Waals surface area contributed by atoms with Gasteiger partial charge in [0.1, 0.15) is 0 Å². The number of benzene rings is 2. The second-order valence-corrected chi connectivity index (χ2v) is 9.79. The third kappa shape index (κ3) is 2.72. The molecule has 1 saturated heterocycles. The molecule has 7 heteroatoms. The van der Waals surface area contributed by atoms with Crippen molar-refractivity contribution in [2.24, 2.45) is 0 Å². The number of aliphatic hydroxyl groups is 1. The highest BCUT2D eigenvalue weighted by Crippen LogP contribution is 2.49. The number of ether oxygens (including phenoxy) is 2. The smallest absolute Gasteiger partial charge is 0.243 e. The molecule has 29 heavy (non-hydrogen) atoms. The molecule has 3 aliphatic rings. The van der Waals surface area contributed by atoms with Gasteiger partial charge in [-0.3, -0.25) is 0 Å². The quantitative estimate of drug-likeness (QED) is 0.783. The van der Waals surface area contributed by atoms with E-state index in [4.69, 9.17) is 9.47 Å². The van der Waals surface area contributed by atoms with Crippen LogP contribution in [0.25, 0.3) is 0 Å². The Morgan fingerprint density at radius 2 is 1.86 bits per heavy atom. The first kappa shape index (κ1) is 18.7. The summed E-state index contributed by atoms with van der Waals surface area (Å²) in [5.41, 5.74) is 1.04. The van der Waals surface area contributed by atoms with Gasteiger partial charge in [0.05, 0.1) is 16.4 Å². The van der Waals surface area contributed by atoms with E-state index >= 15 is 0 Å². The highest BCUT2D eigenvalue weighted by molar-refractivity contribution is 7.89. The predicted octanol–water partition coefficient (Wildman–Crippen LogP) is 2.75. The third-order valence-electron chi connectivity index (χ3n) is 6.30. The summed E-state index contributed by atoms with van der Waals surface area (Å²) < 4.78 is 39.3. The van der Waals surface area contributed by atoms with Crippen LogP contribution in [0.3, 0.4) is 0 Å². The number of β-amino-alcohol motifs (C(OH)–C–C–N with tert-alkyl or cyclic N) is 1. The minimum absolute atomic E-state index is 0.0552. The second-order valence-electron chi connectivity index (χ2n) is 7.90. The third-order valence-corrected chi connectivity index (χ3v) is 8.19. The highest BCUT2D eigenvalue weighted by atomic mass is 32.2. The van der Waals surface area contributed by atoms with Crippen molar-refractivity contribution in [2.45, 2.75) is 42.2 Å². The van der Waals surface area contributed by atoms with E-state index in [9.17, 15) is 13.5 Å². The number of rotatable bonds is 3. The molecule has 0 spiro atoms. The fourth-order valence-electron chi connectivity index (χ4n) is 4.80. The summed E-state index contributed by atoms with van der Waals surface area (Å²) in [4.78, 5) is 0.256. The van der Waals surface area contributed by atoms with Crippen LogP contribution in [0, 0.1) is 6.92 Å². The first-order valence-corrected chi connectivity index (χ1v) is 11.2. The first-order chi connectivity index (χ1) is 13.9. The molecule has 2 aromatic carbocycles. The van der Waals surface area contributed by atoms with E-state index in [1.807, 2.05) is 37.3 Å². The molecular weight excluding hydrogens is 390 g/mol. The molecule has 5 rings (SSSR count). The largest absolute Gasteiger partial charge is 0.454 e. The van der Waals surface area contributed by atoms with Crippen LogP contribution in [-0.4, -0.2) is 43.3 Å². The molecule has 1 aliphatic carbocycles. The van der Waals surface area contributed by atoms with Crippen molar-refractivity contribution in [3.63, 3.8) is 0 Å². The average molecular weight is 413 g/mol. The molecular formula is C22H23NO5S. The number of allylic oxidation sites excluding steroid dienone is 1. The summed E-state index contributed by atoms with van der Waals surface area (Å²) in [6, 6.07) is 12.1. The number of fused-ring (bicyclic) bond motifs is 2. The molecule has 0 amide bonds. The van der Waals surface area contributed by atoms with Crippen molar-refractivity contribution >= 4 is 10.0 Å². The Kier molecular flexibility index (Phi) is 4.24. The summed E-state index contributed by atoms with van der Waals surface area (Å²) >= 11 is 0. The van der Waals surface area contributed by atoms with Crippen molar-refractivity contribution in [1.82, 2.24) is 4.31 Å². The Bertz CT molecular complexity index is 1080. The minimum atomic E-state index is -3.73. The van der Waals surface area contributed by atoms with E-state index in [1.165, 1.54) is 4.31 Å². The van der Waals surface area contributed by atoms with Gasteiger partial charge in [0.15, 0.2) is 11.5 Å². The lowest BCUT2D eigenvalue weighted by molar-refractivity contribution is 0.132. The van der Waals surface area contributed by atoms with Gasteiger partial charge in [-0.1, -0.05) is 35.9 Å². The summed E-state index contributed by atoms with van der Waals surface area (Å²) in [6.07, 6.45) is 4.57. The number of nitrogens with zero attached hydrogens (tertiary/aromatic N) is 1. The molecule has 0 bridgehead atoms. The molecule has 0 saturated carbocycles. The first-order valence-electron chi connectivity index (χ1n) is 9.77. The maximum atomic E-state index is 13.5. The molecule has 1 fully saturated rings. The number of hydrogen-bond acceptors (Lipinski definition) is 5. The van der Waals surface area contributed by atoms with E-state index < -0.39 is 21.5 Å². The molecule has 0 unspecified atom stereocenters. The van der Waals surface area contributed by atoms with Crippen LogP contribution >= 0.6 is 0 Å². The fraction of sp³-hybridized carbons (Fsp3) is 0.364. The van der Waals surface area contributed by atoms with Gasteiger partial charge in [0.25, 0.3) is 0 Å². The van der Waals surface area contributed by atoms with Gasteiger partial charge in [-0.15, -0.1) is 0 Å². The van der Waals surface area contributed by atoms with Gasteiger partial charge < -0.3 is 14.6 Å². The molecule has 2 aromatic rings. The second kappa shape index (κ2) is 6.58. The van der Waals surface area contributed by atoms with Gasteiger partial charge >= 0.3 is 0 Å². The van der Waals surface area contributed by atoms with E-state index in [1.54, 1.807) is 24.3 Å². The fourth-order valence-corrected chi connectivity index (χ4v) is 6.51. The lowest BCUT2D eigenvalue weighted by Gasteiger charge is -2.39. The minimum Gasteiger partial charge on any atom is -0.454 e. The average Bonchev–Trinajstić information content (AvgIpc) is 3.31. The zero-order valence-electron chi connectivity index (χ0n) is 16.1. The zero-order valence-corrected chi connectivity index (χ0v) is 16.9. The summed E-state index contributed by atoms with van der Waals surface area (Å²) in [5.74, 6) is 1.29. The maximum Gasteiger partial charge on any atom is 0.243 e. The summed E-state index contributed by atoms with van der Waals surface area (Å²) in [6.45, 7) is 2.15. The van der Waals surface area contributed by atoms with Gasteiger partial charge in [-0.2, -0.15) is 4.31 Å². The summed E-state index contributed by atoms with van der Waals surface area (Å²) in [7, 11) is -3.73. The van der Waals surface area contributed by atoms with Crippen LogP contribution in [0.5, 0.6) is 11.5 Å². The van der Waals surface area contributed by atoms with Crippen molar-refractivity contribution in [3.8, 4) is 11.5 Å². The van der Waals surface area contributed by atoms with E-state index in [0.717, 1.165) is 17.5 Å². The number of aryl methyl sites for hydroxylation is 1. The molecule has 152 valence electrons. The van der Waals surface area contributed by atoms with Crippen LogP contribution < -0.4 is 9.47 Å². The zero-order chi connectivity index (χ0) is 20.2. The van der Waals surface area contributed by atoms with Crippen molar-refractivity contribution in [3.05, 3.63) is 65.7 Å². The lowest BCUT2D eigenvalue weighted by atomic mass is 9.68. The molecule has 0 radical (unpaired) electrons. The van der Waals surface area contributed by atoms with E-state index in [2.05, 4.69) is 0 Å². The number of sulfonamides is 1. The van der Waals surface area contributed by atoms with E-state index in [-0.39, 0.29) is 24.3 Å². The molecule has 2 aliphatic heterocycles. The molecule has 0 aromatic heterocycles. The molecule has 2 heterocycles. The van der Waals surface area contributed by atoms with E-state index in [0.29, 0.717) is 17.9 Å². The molecule has 6 nitrogen and oxygen atoms in total. The highest BCUT2D eigenvalue weighted by Gasteiger charge is 2.57. The van der Waals surface area contributed by atoms with Crippen molar-refractivity contribution in [2.75, 3.05) is 13.3 Å². The van der Waals surface area contributed by atoms with Crippen molar-refractivity contribution < 1.29 is 23.0 Å².